The molecule has 5 atom stereocenters. The molecule has 46 heavy (non-hydrogen) atoms. The third-order valence-corrected chi connectivity index (χ3v) is 9.99. The van der Waals surface area contributed by atoms with E-state index in [1.54, 1.807) is 11.0 Å². The number of nitrogens with zero attached hydrogens (tertiary/aromatic N) is 1. The molecule has 3 aliphatic rings. The number of cyclic esters (lactones) is 1. The molecular weight excluding hydrogens is 582 g/mol. The van der Waals surface area contributed by atoms with Crippen LogP contribution < -0.4 is 4.74 Å². The highest BCUT2D eigenvalue weighted by atomic mass is 16.5. The molecule has 1 amide bonds. The predicted octanol–water partition coefficient (Wildman–Crippen LogP) is 6.79. The third-order valence-electron chi connectivity index (χ3n) is 9.99. The average Bonchev–Trinajstić information content (AvgIpc) is 3.62. The molecule has 8 nitrogen and oxygen atoms in total. The van der Waals surface area contributed by atoms with Gasteiger partial charge in [0.2, 0.25) is 5.91 Å². The smallest absolute Gasteiger partial charge is 0.310 e. The second-order valence-corrected chi connectivity index (χ2v) is 13.2. The van der Waals surface area contributed by atoms with E-state index in [-0.39, 0.29) is 43.4 Å². The third kappa shape index (κ3) is 7.71. The van der Waals surface area contributed by atoms with E-state index >= 15 is 0 Å². The lowest BCUT2D eigenvalue weighted by Crippen LogP contribution is -2.45. The van der Waals surface area contributed by atoms with Gasteiger partial charge in [0.05, 0.1) is 31.0 Å². The highest BCUT2D eigenvalue weighted by molar-refractivity contribution is 5.95. The molecular formula is C38H47NO7. The minimum atomic E-state index is -1.18. The number of ketones is 1. The van der Waals surface area contributed by atoms with Crippen molar-refractivity contribution in [2.75, 3.05) is 13.2 Å². The molecule has 0 radical (unpaired) electrons. The van der Waals surface area contributed by atoms with Crippen LogP contribution in [-0.2, 0) is 30.3 Å². The fourth-order valence-electron chi connectivity index (χ4n) is 7.10. The van der Waals surface area contributed by atoms with Crippen molar-refractivity contribution < 1.29 is 33.8 Å². The summed E-state index contributed by atoms with van der Waals surface area (Å²) in [6.45, 7) is 6.30. The molecule has 0 aromatic heterocycles. The van der Waals surface area contributed by atoms with Crippen molar-refractivity contribution in [3.05, 3.63) is 66.7 Å². The topological polar surface area (TPSA) is 110 Å². The average molecular weight is 630 g/mol. The Hall–Kier alpha value is -3.94. The largest absolute Gasteiger partial charge is 0.488 e. The van der Waals surface area contributed by atoms with Gasteiger partial charge in [0.15, 0.2) is 5.78 Å². The number of hydrogen-bond acceptors (Lipinski definition) is 6. The van der Waals surface area contributed by atoms with Gasteiger partial charge in [-0.2, -0.15) is 0 Å². The van der Waals surface area contributed by atoms with E-state index in [2.05, 4.69) is 36.9 Å². The van der Waals surface area contributed by atoms with Crippen molar-refractivity contribution in [3.8, 4) is 16.9 Å². The Morgan fingerprint density at radius 1 is 1.07 bits per heavy atom. The maximum atomic E-state index is 14.2. The highest BCUT2D eigenvalue weighted by Crippen LogP contribution is 2.56. The van der Waals surface area contributed by atoms with Crippen molar-refractivity contribution >= 4 is 23.6 Å². The Kier molecular flexibility index (Phi) is 11.0. The number of esters is 1. The number of aliphatic carboxylic acids is 1. The number of benzene rings is 2. The Morgan fingerprint density at radius 2 is 1.85 bits per heavy atom. The summed E-state index contributed by atoms with van der Waals surface area (Å²) in [6, 6.07) is 15.5. The van der Waals surface area contributed by atoms with E-state index in [1.807, 2.05) is 25.1 Å². The SMILES string of the molecule is C=C[C@@H]1C[C@]1(CC(=O)[C@@H]1C[C@@H]2CN1C(=O)[C@H](CCCC)CC(=O)OCCCCCCc1ccc(-c3ccccc3)cc1O2)C(=O)O. The number of rotatable bonds is 9. The zero-order valence-electron chi connectivity index (χ0n) is 27.0. The van der Waals surface area contributed by atoms with Gasteiger partial charge < -0.3 is 19.5 Å². The van der Waals surface area contributed by atoms with Crippen molar-refractivity contribution in [2.45, 2.75) is 96.1 Å². The number of carboxylic acid groups (broad SMARTS) is 1. The molecule has 1 N–H and O–H groups in total. The van der Waals surface area contributed by atoms with E-state index in [4.69, 9.17) is 9.47 Å². The number of unbranched alkanes of at least 4 members (excludes halogenated alkanes) is 1. The molecule has 2 aliphatic heterocycles. The standard InChI is InChI=1S/C38H47NO7/c1-3-5-13-29-21-35(41)45-19-12-7-6-9-16-27-17-18-28(26-14-10-8-11-15-26)20-34(27)46-31-22-32(39(25-31)36(29)42)33(40)24-38(37(43)44)23-30(38)4-2/h4,8,10-11,14-15,17-18,20,29-32H,2-3,5-7,9,12-13,16,19,21-25H2,1H3,(H,43,44)/t29-,30-,31-,32+,38-/m1/s1. The zero-order chi connectivity index (χ0) is 32.7. The molecule has 1 saturated carbocycles. The van der Waals surface area contributed by atoms with Crippen LogP contribution in [-0.4, -0.2) is 58.9 Å². The van der Waals surface area contributed by atoms with E-state index in [0.717, 1.165) is 67.4 Å². The normalized spacial score (nSPS) is 27.1. The zero-order valence-corrected chi connectivity index (χ0v) is 27.0. The number of allylic oxidation sites excluding steroid dienone is 1. The van der Waals surface area contributed by atoms with Crippen LogP contribution in [0.25, 0.3) is 11.1 Å². The number of amides is 1. The van der Waals surface area contributed by atoms with Gasteiger partial charge in [-0.05, 0) is 60.8 Å². The van der Waals surface area contributed by atoms with Crippen molar-refractivity contribution in [1.82, 2.24) is 4.90 Å². The van der Waals surface area contributed by atoms with Gasteiger partial charge in [0.25, 0.3) is 0 Å². The van der Waals surface area contributed by atoms with E-state index in [1.165, 1.54) is 0 Å². The van der Waals surface area contributed by atoms with Crippen molar-refractivity contribution in [1.29, 1.82) is 0 Å². The van der Waals surface area contributed by atoms with E-state index < -0.39 is 35.4 Å². The van der Waals surface area contributed by atoms with Gasteiger partial charge in [-0.15, -0.1) is 6.58 Å². The highest BCUT2D eigenvalue weighted by Gasteiger charge is 2.61. The molecule has 1 aliphatic carbocycles. The summed E-state index contributed by atoms with van der Waals surface area (Å²) in [4.78, 5) is 54.8. The Labute approximate surface area is 272 Å². The molecule has 2 aromatic rings. The molecule has 8 heteroatoms. The predicted molar refractivity (Wildman–Crippen MR) is 175 cm³/mol. The maximum absolute atomic E-state index is 14.2. The van der Waals surface area contributed by atoms with Crippen molar-refractivity contribution in [2.24, 2.45) is 17.3 Å². The van der Waals surface area contributed by atoms with Gasteiger partial charge in [0, 0.05) is 18.8 Å². The minimum absolute atomic E-state index is 0.0390. The molecule has 2 bridgehead atoms. The molecule has 1 saturated heterocycles. The van der Waals surface area contributed by atoms with Crippen molar-refractivity contribution in [3.63, 3.8) is 0 Å². The van der Waals surface area contributed by atoms with Crippen LogP contribution in [0.15, 0.2) is 61.2 Å². The van der Waals surface area contributed by atoms with Crippen LogP contribution in [0, 0.1) is 17.3 Å². The second-order valence-electron chi connectivity index (χ2n) is 13.2. The summed E-state index contributed by atoms with van der Waals surface area (Å²) in [7, 11) is 0. The number of aryl methyl sites for hydroxylation is 1. The van der Waals surface area contributed by atoms with Gasteiger partial charge in [0.1, 0.15) is 11.9 Å². The number of carbonyl (C=O) groups excluding carboxylic acids is 3. The maximum Gasteiger partial charge on any atom is 0.310 e. The summed E-state index contributed by atoms with van der Waals surface area (Å²) in [5, 5.41) is 10.0. The Morgan fingerprint density at radius 3 is 2.57 bits per heavy atom. The summed E-state index contributed by atoms with van der Waals surface area (Å²) >= 11 is 0. The van der Waals surface area contributed by atoms with Gasteiger partial charge in [-0.1, -0.05) is 81.1 Å². The number of Topliss-reactive ketones (excluding diaryl/α,β-unsaturated/α-hetero) is 1. The molecule has 0 spiro atoms. The summed E-state index contributed by atoms with van der Waals surface area (Å²) in [5.41, 5.74) is 1.98. The molecule has 0 unspecified atom stereocenters. The van der Waals surface area contributed by atoms with Crippen LogP contribution in [0.4, 0.5) is 0 Å². The summed E-state index contributed by atoms with van der Waals surface area (Å²) in [6.07, 6.45) is 8.13. The first-order chi connectivity index (χ1) is 22.3. The van der Waals surface area contributed by atoms with Gasteiger partial charge >= 0.3 is 11.9 Å². The number of fused-ring (bicyclic) bond motifs is 3. The number of ether oxygens (including phenoxy) is 2. The Balaban J connectivity index is 1.47. The lowest BCUT2D eigenvalue weighted by molar-refractivity contribution is -0.151. The van der Waals surface area contributed by atoms with Gasteiger partial charge in [-0.25, -0.2) is 0 Å². The number of carbonyl (C=O) groups is 4. The lowest BCUT2D eigenvalue weighted by atomic mass is 9.91. The van der Waals surface area contributed by atoms with Crippen LogP contribution in [0.3, 0.4) is 0 Å². The first-order valence-corrected chi connectivity index (χ1v) is 17.0. The molecule has 2 fully saturated rings. The van der Waals surface area contributed by atoms with Gasteiger partial charge in [-0.3, -0.25) is 19.2 Å². The first kappa shape index (κ1) is 33.4. The van der Waals surface area contributed by atoms with Crippen LogP contribution >= 0.6 is 0 Å². The fraction of sp³-hybridized carbons (Fsp3) is 0.526. The number of carboxylic acids is 1. The first-order valence-electron chi connectivity index (χ1n) is 17.0. The summed E-state index contributed by atoms with van der Waals surface area (Å²) in [5.74, 6) is -2.11. The monoisotopic (exact) mass is 629 g/mol. The van der Waals surface area contributed by atoms with Crippen LogP contribution in [0.1, 0.15) is 83.1 Å². The van der Waals surface area contributed by atoms with Crippen LogP contribution in [0.5, 0.6) is 5.75 Å². The summed E-state index contributed by atoms with van der Waals surface area (Å²) < 4.78 is 12.2. The Bertz CT molecular complexity index is 1420. The quantitative estimate of drug-likeness (QED) is 0.240. The second kappa shape index (κ2) is 15.1. The molecule has 2 aromatic carbocycles. The molecule has 246 valence electrons. The van der Waals surface area contributed by atoms with E-state index in [0.29, 0.717) is 19.4 Å². The van der Waals surface area contributed by atoms with E-state index in [9.17, 15) is 24.3 Å². The minimum Gasteiger partial charge on any atom is -0.488 e. The van der Waals surface area contributed by atoms with Crippen LogP contribution in [0.2, 0.25) is 0 Å². The fourth-order valence-corrected chi connectivity index (χ4v) is 7.10. The molecule has 5 rings (SSSR count). The molecule has 2 heterocycles. The lowest BCUT2D eigenvalue weighted by Gasteiger charge is -2.28. The number of hydrogen-bond donors (Lipinski definition) is 1.